The molecular weight excluding hydrogens is 261 g/mol. The highest BCUT2D eigenvalue weighted by molar-refractivity contribution is 7.07. The summed E-state index contributed by atoms with van der Waals surface area (Å²) in [5.41, 5.74) is 2.03. The highest BCUT2D eigenvalue weighted by Gasteiger charge is 2.52. The zero-order chi connectivity index (χ0) is 13.7. The number of nitrogens with zero attached hydrogens (tertiary/aromatic N) is 3. The van der Waals surface area contributed by atoms with Gasteiger partial charge in [-0.1, -0.05) is 0 Å². The second-order valence-electron chi connectivity index (χ2n) is 5.65. The van der Waals surface area contributed by atoms with E-state index in [1.54, 1.807) is 27.7 Å². The Morgan fingerprint density at radius 3 is 2.47 bits per heavy atom. The Morgan fingerprint density at radius 1 is 1.21 bits per heavy atom. The smallest absolute Gasteiger partial charge is 0.399 e. The maximum atomic E-state index is 5.99. The molecule has 7 heteroatoms. The van der Waals surface area contributed by atoms with Gasteiger partial charge in [0.05, 0.1) is 16.7 Å². The van der Waals surface area contributed by atoms with E-state index in [1.165, 1.54) is 0 Å². The van der Waals surface area contributed by atoms with Crippen LogP contribution in [0.5, 0.6) is 0 Å². The summed E-state index contributed by atoms with van der Waals surface area (Å²) in [6, 6.07) is 0. The van der Waals surface area contributed by atoms with Gasteiger partial charge in [0.1, 0.15) is 0 Å². The van der Waals surface area contributed by atoms with Crippen molar-refractivity contribution in [2.24, 2.45) is 0 Å². The molecule has 3 heterocycles. The van der Waals surface area contributed by atoms with Crippen molar-refractivity contribution in [1.82, 2.24) is 14.8 Å². The van der Waals surface area contributed by atoms with E-state index < -0.39 is 0 Å². The fraction of sp³-hybridized carbons (Fsp3) is 0.500. The van der Waals surface area contributed by atoms with Crippen LogP contribution in [0.4, 0.5) is 0 Å². The van der Waals surface area contributed by atoms with Crippen molar-refractivity contribution in [2.45, 2.75) is 38.9 Å². The normalized spacial score (nSPS) is 20.9. The van der Waals surface area contributed by atoms with Crippen LogP contribution in [0.15, 0.2) is 23.3 Å². The average molecular weight is 277 g/mol. The summed E-state index contributed by atoms with van der Waals surface area (Å²) in [5, 5.41) is 6.25. The second kappa shape index (κ2) is 4.16. The van der Waals surface area contributed by atoms with Gasteiger partial charge in [-0.2, -0.15) is 5.10 Å². The highest BCUT2D eigenvalue weighted by Crippen LogP contribution is 2.36. The SMILES string of the molecule is CC1(C)OB(c2cnn(-c3cscn3)c2)OC1(C)C. The lowest BCUT2D eigenvalue weighted by molar-refractivity contribution is 0.00578. The highest BCUT2D eigenvalue weighted by atomic mass is 32.1. The molecule has 1 saturated heterocycles. The lowest BCUT2D eigenvalue weighted by atomic mass is 9.82. The van der Waals surface area contributed by atoms with Crippen molar-refractivity contribution in [3.63, 3.8) is 0 Å². The van der Waals surface area contributed by atoms with Gasteiger partial charge in [-0.15, -0.1) is 11.3 Å². The van der Waals surface area contributed by atoms with Gasteiger partial charge in [-0.25, -0.2) is 9.67 Å². The zero-order valence-corrected chi connectivity index (χ0v) is 12.3. The third-order valence-corrected chi connectivity index (χ3v) is 4.36. The molecule has 19 heavy (non-hydrogen) atoms. The van der Waals surface area contributed by atoms with Crippen molar-refractivity contribution >= 4 is 23.9 Å². The molecule has 0 aliphatic carbocycles. The van der Waals surface area contributed by atoms with Crippen LogP contribution in [0, 0.1) is 0 Å². The zero-order valence-electron chi connectivity index (χ0n) is 11.5. The van der Waals surface area contributed by atoms with Gasteiger partial charge in [-0.05, 0) is 27.7 Å². The lowest BCUT2D eigenvalue weighted by Gasteiger charge is -2.32. The molecule has 0 saturated carbocycles. The average Bonchev–Trinajstić information content (AvgIpc) is 3.00. The Kier molecular flexibility index (Phi) is 2.81. The van der Waals surface area contributed by atoms with Crippen molar-refractivity contribution in [3.8, 4) is 5.82 Å². The fourth-order valence-electron chi connectivity index (χ4n) is 1.88. The molecule has 0 spiro atoms. The van der Waals surface area contributed by atoms with Gasteiger partial charge in [0.2, 0.25) is 0 Å². The van der Waals surface area contributed by atoms with Crippen molar-refractivity contribution in [2.75, 3.05) is 0 Å². The number of aromatic nitrogens is 3. The van der Waals surface area contributed by atoms with E-state index in [2.05, 4.69) is 10.1 Å². The summed E-state index contributed by atoms with van der Waals surface area (Å²) in [7, 11) is -0.377. The standard InChI is InChI=1S/C12H16BN3O2S/c1-11(2)12(3,4)18-13(17-11)9-5-15-16(6-9)10-7-19-8-14-10/h5-8H,1-4H3. The molecule has 100 valence electrons. The van der Waals surface area contributed by atoms with E-state index in [4.69, 9.17) is 9.31 Å². The third-order valence-electron chi connectivity index (χ3n) is 3.78. The van der Waals surface area contributed by atoms with Crippen LogP contribution < -0.4 is 5.46 Å². The second-order valence-corrected chi connectivity index (χ2v) is 6.37. The Labute approximate surface area is 116 Å². The molecule has 0 bridgehead atoms. The first-order chi connectivity index (χ1) is 8.89. The van der Waals surface area contributed by atoms with E-state index in [9.17, 15) is 0 Å². The van der Waals surface area contributed by atoms with Gasteiger partial charge in [0.25, 0.3) is 0 Å². The largest absolute Gasteiger partial charge is 0.498 e. The molecule has 1 aliphatic heterocycles. The summed E-state index contributed by atoms with van der Waals surface area (Å²) >= 11 is 1.54. The van der Waals surface area contributed by atoms with Crippen molar-refractivity contribution in [3.05, 3.63) is 23.3 Å². The minimum Gasteiger partial charge on any atom is -0.399 e. The van der Waals surface area contributed by atoms with Crippen molar-refractivity contribution in [1.29, 1.82) is 0 Å². The Hall–Kier alpha value is -1.18. The van der Waals surface area contributed by atoms with Gasteiger partial charge in [-0.3, -0.25) is 0 Å². The molecular formula is C12H16BN3O2S. The van der Waals surface area contributed by atoms with Gasteiger partial charge in [0, 0.05) is 23.2 Å². The quantitative estimate of drug-likeness (QED) is 0.783. The number of rotatable bonds is 2. The van der Waals surface area contributed by atoms with E-state index in [0.29, 0.717) is 0 Å². The fourth-order valence-corrected chi connectivity index (χ4v) is 2.40. The van der Waals surface area contributed by atoms with Crippen LogP contribution in [0.25, 0.3) is 5.82 Å². The lowest BCUT2D eigenvalue weighted by Crippen LogP contribution is -2.41. The topological polar surface area (TPSA) is 49.2 Å². The van der Waals surface area contributed by atoms with Crippen LogP contribution in [-0.2, 0) is 9.31 Å². The molecule has 0 unspecified atom stereocenters. The number of thiazole rings is 1. The molecule has 1 aliphatic rings. The first-order valence-corrected chi connectivity index (χ1v) is 7.12. The Balaban J connectivity index is 1.85. The summed E-state index contributed by atoms with van der Waals surface area (Å²) in [4.78, 5) is 4.22. The molecule has 2 aromatic heterocycles. The molecule has 5 nitrogen and oxygen atoms in total. The summed E-state index contributed by atoms with van der Waals surface area (Å²) in [6.45, 7) is 8.16. The predicted octanol–water partition coefficient (Wildman–Crippen LogP) is 1.63. The molecule has 2 aromatic rings. The molecule has 0 radical (unpaired) electrons. The van der Waals surface area contributed by atoms with Crippen LogP contribution >= 0.6 is 11.3 Å². The minimum absolute atomic E-state index is 0.333. The molecule has 0 aromatic carbocycles. The van der Waals surface area contributed by atoms with Crippen LogP contribution in [-0.4, -0.2) is 33.1 Å². The molecule has 0 atom stereocenters. The van der Waals surface area contributed by atoms with E-state index in [-0.39, 0.29) is 18.3 Å². The first kappa shape index (κ1) is 12.8. The van der Waals surface area contributed by atoms with Gasteiger partial charge >= 0.3 is 7.12 Å². The van der Waals surface area contributed by atoms with Crippen molar-refractivity contribution < 1.29 is 9.31 Å². The maximum absolute atomic E-state index is 5.99. The summed E-state index contributed by atoms with van der Waals surface area (Å²) in [6.07, 6.45) is 3.67. The molecule has 1 fully saturated rings. The van der Waals surface area contributed by atoms with Crippen LogP contribution in [0.2, 0.25) is 0 Å². The Bertz CT molecular complexity index is 564. The molecule has 0 N–H and O–H groups in total. The van der Waals surface area contributed by atoms with E-state index >= 15 is 0 Å². The summed E-state index contributed by atoms with van der Waals surface area (Å²) in [5.74, 6) is 0.813. The molecule has 3 rings (SSSR count). The molecule has 0 amide bonds. The first-order valence-electron chi connectivity index (χ1n) is 6.18. The maximum Gasteiger partial charge on any atom is 0.498 e. The third kappa shape index (κ3) is 2.11. The van der Waals surface area contributed by atoms with Crippen LogP contribution in [0.1, 0.15) is 27.7 Å². The van der Waals surface area contributed by atoms with Gasteiger partial charge < -0.3 is 9.31 Å². The van der Waals surface area contributed by atoms with E-state index in [0.717, 1.165) is 11.3 Å². The number of hydrogen-bond donors (Lipinski definition) is 0. The van der Waals surface area contributed by atoms with Crippen LogP contribution in [0.3, 0.4) is 0 Å². The monoisotopic (exact) mass is 277 g/mol. The predicted molar refractivity (Wildman–Crippen MR) is 75.0 cm³/mol. The Morgan fingerprint density at radius 2 is 1.89 bits per heavy atom. The summed E-state index contributed by atoms with van der Waals surface area (Å²) < 4.78 is 13.7. The minimum atomic E-state index is -0.377. The van der Waals surface area contributed by atoms with E-state index in [1.807, 2.05) is 39.3 Å². The van der Waals surface area contributed by atoms with Gasteiger partial charge in [0.15, 0.2) is 5.82 Å². The number of hydrogen-bond acceptors (Lipinski definition) is 5.